The Labute approximate surface area is 107 Å². The van der Waals surface area contributed by atoms with Gasteiger partial charge in [0.15, 0.2) is 11.6 Å². The maximum atomic E-state index is 13.4. The lowest BCUT2D eigenvalue weighted by Crippen LogP contribution is -2.04. The van der Waals surface area contributed by atoms with Crippen molar-refractivity contribution in [3.63, 3.8) is 0 Å². The van der Waals surface area contributed by atoms with E-state index in [4.69, 9.17) is 5.11 Å². The quantitative estimate of drug-likeness (QED) is 0.668. The highest BCUT2D eigenvalue weighted by molar-refractivity contribution is 5.59. The zero-order valence-electron chi connectivity index (χ0n) is 10.1. The Morgan fingerprint density at radius 3 is 2.74 bits per heavy atom. The summed E-state index contributed by atoms with van der Waals surface area (Å²) in [6.07, 6.45) is 0. The second-order valence-electron chi connectivity index (χ2n) is 3.80. The number of rotatable bonds is 4. The van der Waals surface area contributed by atoms with E-state index in [2.05, 4.69) is 10.2 Å². The largest absolute Gasteiger partial charge is 0.388 e. The number of nitrogens with zero attached hydrogens (tertiary/aromatic N) is 4. The number of nitro groups is 1. The van der Waals surface area contributed by atoms with Crippen LogP contribution in [-0.2, 0) is 13.2 Å². The van der Waals surface area contributed by atoms with Gasteiger partial charge in [-0.3, -0.25) is 10.1 Å². The molecule has 2 rings (SSSR count). The van der Waals surface area contributed by atoms with Crippen molar-refractivity contribution < 1.29 is 14.4 Å². The lowest BCUT2D eigenvalue weighted by atomic mass is 10.2. The Kier molecular flexibility index (Phi) is 3.52. The first-order chi connectivity index (χ1) is 9.06. The van der Waals surface area contributed by atoms with Crippen molar-refractivity contribution >= 4 is 5.69 Å². The maximum Gasteiger partial charge on any atom is 0.273 e. The molecule has 2 aromatic rings. The predicted octanol–water partition coefficient (Wildman–Crippen LogP) is 1.50. The lowest BCUT2D eigenvalue weighted by Gasteiger charge is -2.06. The standard InChI is InChI=1S/C11H11FN4O3/c1-2-15-10(6-17)13-14-11(15)7-3-8(12)5-9(4-7)16(18)19/h3-5,17H,2,6H2,1H3. The minimum Gasteiger partial charge on any atom is -0.388 e. The summed E-state index contributed by atoms with van der Waals surface area (Å²) < 4.78 is 15.0. The predicted molar refractivity (Wildman–Crippen MR) is 63.7 cm³/mol. The van der Waals surface area contributed by atoms with Crippen LogP contribution in [-0.4, -0.2) is 24.8 Å². The van der Waals surface area contributed by atoms with Gasteiger partial charge in [-0.25, -0.2) is 4.39 Å². The summed E-state index contributed by atoms with van der Waals surface area (Å²) in [6, 6.07) is 3.20. The van der Waals surface area contributed by atoms with Crippen molar-refractivity contribution in [1.82, 2.24) is 14.8 Å². The first-order valence-corrected chi connectivity index (χ1v) is 5.55. The molecule has 8 heteroatoms. The third-order valence-corrected chi connectivity index (χ3v) is 2.64. The van der Waals surface area contributed by atoms with Crippen LogP contribution in [0, 0.1) is 15.9 Å². The Morgan fingerprint density at radius 1 is 1.42 bits per heavy atom. The number of benzene rings is 1. The molecular formula is C11H11FN4O3. The fraction of sp³-hybridized carbons (Fsp3) is 0.273. The summed E-state index contributed by atoms with van der Waals surface area (Å²) in [5.41, 5.74) is -0.105. The van der Waals surface area contributed by atoms with Crippen LogP contribution in [0.2, 0.25) is 0 Å². The molecule has 0 saturated heterocycles. The van der Waals surface area contributed by atoms with Crippen molar-refractivity contribution in [2.24, 2.45) is 0 Å². The summed E-state index contributed by atoms with van der Waals surface area (Å²) >= 11 is 0. The van der Waals surface area contributed by atoms with Crippen LogP contribution in [0.15, 0.2) is 18.2 Å². The van der Waals surface area contributed by atoms with Gasteiger partial charge in [-0.2, -0.15) is 0 Å². The minimum atomic E-state index is -0.722. The van der Waals surface area contributed by atoms with E-state index in [9.17, 15) is 14.5 Å². The smallest absolute Gasteiger partial charge is 0.273 e. The molecule has 1 N–H and O–H groups in total. The number of non-ortho nitro benzene ring substituents is 1. The molecule has 0 aliphatic carbocycles. The summed E-state index contributed by atoms with van der Waals surface area (Å²) in [5, 5.41) is 27.4. The molecule has 0 aliphatic rings. The zero-order chi connectivity index (χ0) is 14.0. The van der Waals surface area contributed by atoms with Gasteiger partial charge in [-0.05, 0) is 13.0 Å². The van der Waals surface area contributed by atoms with Gasteiger partial charge < -0.3 is 9.67 Å². The number of hydrogen-bond acceptors (Lipinski definition) is 5. The number of halogens is 1. The van der Waals surface area contributed by atoms with Crippen LogP contribution in [0.5, 0.6) is 0 Å². The van der Waals surface area contributed by atoms with E-state index in [-0.39, 0.29) is 23.7 Å². The molecule has 0 radical (unpaired) electrons. The highest BCUT2D eigenvalue weighted by Crippen LogP contribution is 2.24. The van der Waals surface area contributed by atoms with Crippen molar-refractivity contribution in [3.8, 4) is 11.4 Å². The third kappa shape index (κ3) is 2.43. The molecule has 7 nitrogen and oxygen atoms in total. The second kappa shape index (κ2) is 5.11. The van der Waals surface area contributed by atoms with Crippen LogP contribution in [0.3, 0.4) is 0 Å². The first kappa shape index (κ1) is 13.1. The molecule has 0 amide bonds. The van der Waals surface area contributed by atoms with Crippen molar-refractivity contribution in [1.29, 1.82) is 0 Å². The van der Waals surface area contributed by atoms with Crippen LogP contribution in [0.25, 0.3) is 11.4 Å². The van der Waals surface area contributed by atoms with Crippen molar-refractivity contribution in [2.75, 3.05) is 0 Å². The van der Waals surface area contributed by atoms with Gasteiger partial charge in [0.05, 0.1) is 11.0 Å². The number of hydrogen-bond donors (Lipinski definition) is 1. The highest BCUT2D eigenvalue weighted by atomic mass is 19.1. The maximum absolute atomic E-state index is 13.4. The number of nitro benzene ring substituents is 1. The second-order valence-corrected chi connectivity index (χ2v) is 3.80. The van der Waals surface area contributed by atoms with Gasteiger partial charge in [0.2, 0.25) is 0 Å². The van der Waals surface area contributed by atoms with Gasteiger partial charge in [-0.15, -0.1) is 10.2 Å². The summed E-state index contributed by atoms with van der Waals surface area (Å²) in [6.45, 7) is 1.96. The molecule has 0 spiro atoms. The van der Waals surface area contributed by atoms with E-state index in [0.29, 0.717) is 12.4 Å². The molecule has 0 aliphatic heterocycles. The van der Waals surface area contributed by atoms with Gasteiger partial charge in [0, 0.05) is 18.2 Å². The average Bonchev–Trinajstić information content (AvgIpc) is 2.80. The fourth-order valence-electron chi connectivity index (χ4n) is 1.81. The number of aliphatic hydroxyl groups excluding tert-OH is 1. The normalized spacial score (nSPS) is 10.7. The SMILES string of the molecule is CCn1c(CO)nnc1-c1cc(F)cc([N+](=O)[O-])c1. The van der Waals surface area contributed by atoms with E-state index in [1.807, 2.05) is 0 Å². The molecule has 1 aromatic heterocycles. The van der Waals surface area contributed by atoms with Crippen LogP contribution < -0.4 is 0 Å². The Hall–Kier alpha value is -2.35. The van der Waals surface area contributed by atoms with E-state index < -0.39 is 10.7 Å². The number of aliphatic hydroxyl groups is 1. The van der Waals surface area contributed by atoms with Crippen molar-refractivity contribution in [2.45, 2.75) is 20.1 Å². The molecule has 100 valence electrons. The highest BCUT2D eigenvalue weighted by Gasteiger charge is 2.16. The van der Waals surface area contributed by atoms with Gasteiger partial charge >= 0.3 is 0 Å². The summed E-state index contributed by atoms with van der Waals surface area (Å²) in [5.74, 6) is -0.112. The summed E-state index contributed by atoms with van der Waals surface area (Å²) in [4.78, 5) is 10.0. The molecule has 1 aromatic carbocycles. The van der Waals surface area contributed by atoms with Crippen LogP contribution in [0.1, 0.15) is 12.7 Å². The van der Waals surface area contributed by atoms with Gasteiger partial charge in [-0.1, -0.05) is 0 Å². The Bertz CT molecular complexity index is 626. The summed E-state index contributed by atoms with van der Waals surface area (Å²) in [7, 11) is 0. The van der Waals surface area contributed by atoms with E-state index in [1.165, 1.54) is 6.07 Å². The topological polar surface area (TPSA) is 94.1 Å². The zero-order valence-corrected chi connectivity index (χ0v) is 10.1. The fourth-order valence-corrected chi connectivity index (χ4v) is 1.81. The van der Waals surface area contributed by atoms with Gasteiger partial charge in [0.25, 0.3) is 5.69 Å². The van der Waals surface area contributed by atoms with E-state index >= 15 is 0 Å². The number of aromatic nitrogens is 3. The lowest BCUT2D eigenvalue weighted by molar-refractivity contribution is -0.385. The van der Waals surface area contributed by atoms with Gasteiger partial charge in [0.1, 0.15) is 12.4 Å². The van der Waals surface area contributed by atoms with E-state index in [1.54, 1.807) is 11.5 Å². The monoisotopic (exact) mass is 266 g/mol. The van der Waals surface area contributed by atoms with Crippen molar-refractivity contribution in [3.05, 3.63) is 40.0 Å². The molecule has 19 heavy (non-hydrogen) atoms. The Morgan fingerprint density at radius 2 is 2.16 bits per heavy atom. The first-order valence-electron chi connectivity index (χ1n) is 5.55. The Balaban J connectivity index is 2.58. The molecule has 0 unspecified atom stereocenters. The molecular weight excluding hydrogens is 255 g/mol. The molecule has 0 atom stereocenters. The van der Waals surface area contributed by atoms with Crippen LogP contribution >= 0.6 is 0 Å². The molecule has 0 saturated carbocycles. The average molecular weight is 266 g/mol. The molecule has 0 fully saturated rings. The van der Waals surface area contributed by atoms with E-state index in [0.717, 1.165) is 12.1 Å². The molecule has 0 bridgehead atoms. The van der Waals surface area contributed by atoms with Crippen LogP contribution in [0.4, 0.5) is 10.1 Å². The third-order valence-electron chi connectivity index (χ3n) is 2.64. The minimum absolute atomic E-state index is 0.251. The molecule has 1 heterocycles.